The normalized spacial score (nSPS) is 12.4. The topological polar surface area (TPSA) is 64.1 Å². The molecule has 3 N–H and O–H groups in total. The van der Waals surface area contributed by atoms with Crippen LogP contribution in [0, 0.1) is 12.8 Å². The van der Waals surface area contributed by atoms with E-state index >= 15 is 0 Å². The van der Waals surface area contributed by atoms with E-state index in [1.54, 1.807) is 17.6 Å². The number of nitrogens with one attached hydrogen (secondary N) is 1. The van der Waals surface area contributed by atoms with Crippen molar-refractivity contribution in [3.8, 4) is 0 Å². The molecule has 0 fully saturated rings. The molecular formula is C17H21Cl2N3OS. The number of fused-ring (bicyclic) bond motifs is 1. The van der Waals surface area contributed by atoms with Gasteiger partial charge in [0.15, 0.2) is 0 Å². The monoisotopic (exact) mass is 385 g/mol. The molecule has 0 aliphatic rings. The first kappa shape index (κ1) is 19.1. The average molecular weight is 386 g/mol. The minimum Gasteiger partial charge on any atom is -0.467 e. The van der Waals surface area contributed by atoms with Gasteiger partial charge in [-0.05, 0) is 30.5 Å². The summed E-state index contributed by atoms with van der Waals surface area (Å²) in [5, 5.41) is 3.87. The molecule has 4 nitrogen and oxygen atoms in total. The van der Waals surface area contributed by atoms with Gasteiger partial charge in [-0.1, -0.05) is 25.4 Å². The molecule has 0 aliphatic heterocycles. The Morgan fingerprint density at radius 1 is 1.42 bits per heavy atom. The highest BCUT2D eigenvalue weighted by molar-refractivity contribution is 7.20. The Balaban J connectivity index is 0.00000208. The zero-order valence-corrected chi connectivity index (χ0v) is 16.2. The van der Waals surface area contributed by atoms with Gasteiger partial charge < -0.3 is 15.5 Å². The Bertz CT molecular complexity index is 815. The highest BCUT2D eigenvalue weighted by Crippen LogP contribution is 2.40. The van der Waals surface area contributed by atoms with Crippen molar-refractivity contribution in [3.05, 3.63) is 45.8 Å². The number of hydrogen-bond donors (Lipinski definition) is 2. The molecule has 1 atom stereocenters. The zero-order valence-electron chi connectivity index (χ0n) is 13.8. The molecular weight excluding hydrogens is 365 g/mol. The Kier molecular flexibility index (Phi) is 6.15. The fourth-order valence-electron chi connectivity index (χ4n) is 2.51. The van der Waals surface area contributed by atoms with Gasteiger partial charge in [0.2, 0.25) is 0 Å². The number of aryl methyl sites for hydroxylation is 1. The summed E-state index contributed by atoms with van der Waals surface area (Å²) in [7, 11) is 0. The predicted octanol–water partition coefficient (Wildman–Crippen LogP) is 5.54. The van der Waals surface area contributed by atoms with Crippen molar-refractivity contribution in [2.45, 2.75) is 33.4 Å². The number of rotatable bonds is 5. The van der Waals surface area contributed by atoms with Crippen LogP contribution in [0.25, 0.3) is 10.2 Å². The molecule has 130 valence electrons. The molecule has 0 radical (unpaired) electrons. The lowest BCUT2D eigenvalue weighted by Gasteiger charge is -2.14. The Labute approximate surface area is 156 Å². The molecule has 0 amide bonds. The van der Waals surface area contributed by atoms with Crippen LogP contribution < -0.4 is 11.1 Å². The van der Waals surface area contributed by atoms with E-state index in [0.717, 1.165) is 27.2 Å². The smallest absolute Gasteiger partial charge is 0.131 e. The van der Waals surface area contributed by atoms with Crippen LogP contribution in [0.2, 0.25) is 5.15 Å². The van der Waals surface area contributed by atoms with Gasteiger partial charge in [-0.2, -0.15) is 0 Å². The number of nitrogens with zero attached hydrogens (tertiary/aromatic N) is 1. The third-order valence-corrected chi connectivity index (χ3v) is 5.54. The van der Waals surface area contributed by atoms with Gasteiger partial charge in [0, 0.05) is 17.0 Å². The fourth-order valence-corrected chi connectivity index (χ4v) is 4.12. The first-order valence-electron chi connectivity index (χ1n) is 7.58. The van der Waals surface area contributed by atoms with Crippen LogP contribution in [0.15, 0.2) is 28.9 Å². The van der Waals surface area contributed by atoms with Crippen molar-refractivity contribution in [1.29, 1.82) is 0 Å². The minimum absolute atomic E-state index is 0. The van der Waals surface area contributed by atoms with Gasteiger partial charge in [0.05, 0.1) is 28.7 Å². The summed E-state index contributed by atoms with van der Waals surface area (Å²) >= 11 is 7.90. The van der Waals surface area contributed by atoms with Gasteiger partial charge in [-0.25, -0.2) is 4.98 Å². The maximum atomic E-state index is 6.36. The summed E-state index contributed by atoms with van der Waals surface area (Å²) < 4.78 is 6.46. The van der Waals surface area contributed by atoms with Gasteiger partial charge in [0.25, 0.3) is 0 Å². The number of furan rings is 1. The average Bonchev–Trinajstić information content (AvgIpc) is 3.13. The van der Waals surface area contributed by atoms with Crippen LogP contribution in [-0.4, -0.2) is 4.98 Å². The Hall–Kier alpha value is -1.27. The highest BCUT2D eigenvalue weighted by atomic mass is 35.5. The summed E-state index contributed by atoms with van der Waals surface area (Å²) in [6, 6.07) is 5.67. The number of thiophene rings is 1. The lowest BCUT2D eigenvalue weighted by molar-refractivity contribution is 0.518. The van der Waals surface area contributed by atoms with E-state index < -0.39 is 0 Å². The summed E-state index contributed by atoms with van der Waals surface area (Å²) in [4.78, 5) is 5.67. The van der Waals surface area contributed by atoms with Crippen molar-refractivity contribution in [3.63, 3.8) is 0 Å². The molecule has 3 rings (SSSR count). The van der Waals surface area contributed by atoms with E-state index in [2.05, 4.69) is 31.1 Å². The summed E-state index contributed by atoms with van der Waals surface area (Å²) in [6.07, 6.45) is 1.67. The third-order valence-electron chi connectivity index (χ3n) is 3.93. The maximum absolute atomic E-state index is 6.36. The number of nitrogens with two attached hydrogens (primary N) is 1. The minimum atomic E-state index is 0. The van der Waals surface area contributed by atoms with Gasteiger partial charge in [-0.15, -0.1) is 23.7 Å². The molecule has 3 heterocycles. The second kappa shape index (κ2) is 7.74. The van der Waals surface area contributed by atoms with Crippen LogP contribution in [0.3, 0.4) is 0 Å². The lowest BCUT2D eigenvalue weighted by atomic mass is 10.0. The highest BCUT2D eigenvalue weighted by Gasteiger charge is 2.20. The first-order chi connectivity index (χ1) is 11.0. The van der Waals surface area contributed by atoms with E-state index in [4.69, 9.17) is 21.8 Å². The van der Waals surface area contributed by atoms with Crippen molar-refractivity contribution in [2.75, 3.05) is 5.32 Å². The molecule has 7 heteroatoms. The summed E-state index contributed by atoms with van der Waals surface area (Å²) in [5.41, 5.74) is 9.37. The standard InChI is InChI=1S/C17H20ClN3OS.ClH/c1-9(2)14(19)16-10(3)15-17(23-16)12(7-13(18)21-15)20-8-11-5-4-6-22-11;/h4-7,9,14H,8,19H2,1-3H3,(H,20,21);1H/t14-;/m1./s1. The fraction of sp³-hybridized carbons (Fsp3) is 0.353. The molecule has 3 aromatic rings. The second-order valence-electron chi connectivity index (χ2n) is 5.96. The summed E-state index contributed by atoms with van der Waals surface area (Å²) in [5.74, 6) is 1.25. The van der Waals surface area contributed by atoms with E-state index in [1.807, 2.05) is 18.2 Å². The number of aromatic nitrogens is 1. The van der Waals surface area contributed by atoms with Crippen molar-refractivity contribution in [2.24, 2.45) is 11.7 Å². The lowest BCUT2D eigenvalue weighted by Crippen LogP contribution is -2.16. The molecule has 0 aliphatic carbocycles. The van der Waals surface area contributed by atoms with Crippen molar-refractivity contribution in [1.82, 2.24) is 4.98 Å². The number of hydrogen-bond acceptors (Lipinski definition) is 5. The van der Waals surface area contributed by atoms with Crippen LogP contribution in [0.1, 0.15) is 36.1 Å². The van der Waals surface area contributed by atoms with Crippen LogP contribution >= 0.6 is 35.3 Å². The quantitative estimate of drug-likeness (QED) is 0.565. The molecule has 24 heavy (non-hydrogen) atoms. The maximum Gasteiger partial charge on any atom is 0.131 e. The van der Waals surface area contributed by atoms with Crippen LogP contribution in [-0.2, 0) is 6.54 Å². The van der Waals surface area contributed by atoms with E-state index in [-0.39, 0.29) is 18.4 Å². The van der Waals surface area contributed by atoms with Gasteiger partial charge in [-0.3, -0.25) is 0 Å². The molecule has 0 saturated carbocycles. The van der Waals surface area contributed by atoms with Crippen molar-refractivity contribution < 1.29 is 4.42 Å². The first-order valence-corrected chi connectivity index (χ1v) is 8.78. The summed E-state index contributed by atoms with van der Waals surface area (Å²) in [6.45, 7) is 6.93. The molecule has 0 unspecified atom stereocenters. The molecule has 0 aromatic carbocycles. The molecule has 0 saturated heterocycles. The van der Waals surface area contributed by atoms with E-state index in [0.29, 0.717) is 17.6 Å². The Morgan fingerprint density at radius 2 is 2.17 bits per heavy atom. The SMILES string of the molecule is Cc1c([C@H](N)C(C)C)sc2c(NCc3ccco3)cc(Cl)nc12.Cl. The van der Waals surface area contributed by atoms with E-state index in [9.17, 15) is 0 Å². The molecule has 0 bridgehead atoms. The number of pyridine rings is 1. The molecule has 3 aromatic heterocycles. The van der Waals surface area contributed by atoms with E-state index in [1.165, 1.54) is 4.88 Å². The predicted molar refractivity (Wildman–Crippen MR) is 104 cm³/mol. The van der Waals surface area contributed by atoms with Crippen LogP contribution in [0.4, 0.5) is 5.69 Å². The Morgan fingerprint density at radius 3 is 2.79 bits per heavy atom. The third kappa shape index (κ3) is 3.70. The zero-order chi connectivity index (χ0) is 16.6. The van der Waals surface area contributed by atoms with Gasteiger partial charge >= 0.3 is 0 Å². The van der Waals surface area contributed by atoms with Crippen LogP contribution in [0.5, 0.6) is 0 Å². The molecule has 0 spiro atoms. The largest absolute Gasteiger partial charge is 0.467 e. The number of halogens is 2. The van der Waals surface area contributed by atoms with Gasteiger partial charge in [0.1, 0.15) is 10.9 Å². The van der Waals surface area contributed by atoms with Crippen molar-refractivity contribution >= 4 is 51.2 Å². The number of anilines is 1. The second-order valence-corrected chi connectivity index (χ2v) is 7.40.